The predicted octanol–water partition coefficient (Wildman–Crippen LogP) is 2.85. The molecule has 1 atom stereocenters. The standard InChI is InChI=1S/C19H27FN2O2/c1-14(2)11-22(17-7-8-17)19(23)13-21-9-10-24-18(12-21)15-3-5-16(20)6-4-15/h3-6,14,17-18H,7-13H2,1-2H3. The highest BCUT2D eigenvalue weighted by molar-refractivity contribution is 5.79. The van der Waals surface area contributed by atoms with Gasteiger partial charge in [0, 0.05) is 25.7 Å². The summed E-state index contributed by atoms with van der Waals surface area (Å²) in [5, 5.41) is 0. The van der Waals surface area contributed by atoms with Crippen molar-refractivity contribution in [3.8, 4) is 0 Å². The van der Waals surface area contributed by atoms with Gasteiger partial charge in [0.2, 0.25) is 5.91 Å². The quantitative estimate of drug-likeness (QED) is 0.802. The van der Waals surface area contributed by atoms with Gasteiger partial charge < -0.3 is 9.64 Å². The van der Waals surface area contributed by atoms with Crippen LogP contribution in [0.3, 0.4) is 0 Å². The lowest BCUT2D eigenvalue weighted by molar-refractivity contribution is -0.135. The third kappa shape index (κ3) is 4.54. The predicted molar refractivity (Wildman–Crippen MR) is 91.1 cm³/mol. The van der Waals surface area contributed by atoms with Crippen molar-refractivity contribution < 1.29 is 13.9 Å². The van der Waals surface area contributed by atoms with E-state index in [2.05, 4.69) is 23.6 Å². The molecule has 0 N–H and O–H groups in total. The molecule has 2 aliphatic rings. The third-order valence-electron chi connectivity index (χ3n) is 4.62. The van der Waals surface area contributed by atoms with Gasteiger partial charge in [0.05, 0.1) is 19.3 Å². The molecule has 1 aromatic rings. The van der Waals surface area contributed by atoms with E-state index >= 15 is 0 Å². The van der Waals surface area contributed by atoms with Crippen LogP contribution in [-0.4, -0.2) is 54.5 Å². The van der Waals surface area contributed by atoms with Crippen LogP contribution >= 0.6 is 0 Å². The van der Waals surface area contributed by atoms with Crippen molar-refractivity contribution in [2.75, 3.05) is 32.8 Å². The zero-order valence-corrected chi connectivity index (χ0v) is 14.6. The minimum absolute atomic E-state index is 0.0911. The van der Waals surface area contributed by atoms with E-state index in [1.165, 1.54) is 12.1 Å². The van der Waals surface area contributed by atoms with Crippen molar-refractivity contribution >= 4 is 5.91 Å². The molecule has 2 fully saturated rings. The lowest BCUT2D eigenvalue weighted by Crippen LogP contribution is -2.47. The Bertz CT molecular complexity index is 557. The molecule has 3 rings (SSSR count). The van der Waals surface area contributed by atoms with Crippen molar-refractivity contribution in [3.63, 3.8) is 0 Å². The molecule has 1 saturated carbocycles. The monoisotopic (exact) mass is 334 g/mol. The van der Waals surface area contributed by atoms with Crippen LogP contribution in [0.1, 0.15) is 38.4 Å². The third-order valence-corrected chi connectivity index (χ3v) is 4.62. The molecule has 0 radical (unpaired) electrons. The van der Waals surface area contributed by atoms with Gasteiger partial charge in [-0.05, 0) is 36.5 Å². The van der Waals surface area contributed by atoms with Gasteiger partial charge in [-0.2, -0.15) is 0 Å². The maximum Gasteiger partial charge on any atom is 0.237 e. The van der Waals surface area contributed by atoms with Crippen LogP contribution in [0.15, 0.2) is 24.3 Å². The Hall–Kier alpha value is -1.46. The fourth-order valence-electron chi connectivity index (χ4n) is 3.24. The molecule has 1 heterocycles. The lowest BCUT2D eigenvalue weighted by atomic mass is 10.1. The Kier molecular flexibility index (Phi) is 5.51. The van der Waals surface area contributed by atoms with Crippen molar-refractivity contribution in [1.82, 2.24) is 9.80 Å². The van der Waals surface area contributed by atoms with E-state index in [1.54, 1.807) is 12.1 Å². The number of halogens is 1. The first-order chi connectivity index (χ1) is 11.5. The van der Waals surface area contributed by atoms with Gasteiger partial charge in [0.1, 0.15) is 5.82 Å². The number of rotatable bonds is 6. The number of benzene rings is 1. The normalized spacial score (nSPS) is 21.9. The fourth-order valence-corrected chi connectivity index (χ4v) is 3.24. The van der Waals surface area contributed by atoms with Gasteiger partial charge in [-0.15, -0.1) is 0 Å². The summed E-state index contributed by atoms with van der Waals surface area (Å²) in [6.07, 6.45) is 2.19. The Balaban J connectivity index is 1.58. The first-order valence-electron chi connectivity index (χ1n) is 8.92. The number of hydrogen-bond donors (Lipinski definition) is 0. The second-order valence-corrected chi connectivity index (χ2v) is 7.32. The molecule has 0 bridgehead atoms. The summed E-state index contributed by atoms with van der Waals surface area (Å²) in [4.78, 5) is 16.9. The van der Waals surface area contributed by atoms with Crippen LogP contribution in [0.4, 0.5) is 4.39 Å². The average molecular weight is 334 g/mol. The van der Waals surface area contributed by atoms with Gasteiger partial charge in [-0.3, -0.25) is 9.69 Å². The number of amides is 1. The molecule has 1 aliphatic heterocycles. The van der Waals surface area contributed by atoms with Crippen molar-refractivity contribution in [2.45, 2.75) is 38.8 Å². The second-order valence-electron chi connectivity index (χ2n) is 7.32. The molecule has 1 aromatic carbocycles. The fraction of sp³-hybridized carbons (Fsp3) is 0.632. The number of nitrogens with zero attached hydrogens (tertiary/aromatic N) is 2. The van der Waals surface area contributed by atoms with Crippen molar-refractivity contribution in [2.24, 2.45) is 5.92 Å². The van der Waals surface area contributed by atoms with Crippen LogP contribution < -0.4 is 0 Å². The van der Waals surface area contributed by atoms with E-state index in [9.17, 15) is 9.18 Å². The van der Waals surface area contributed by atoms with E-state index in [0.29, 0.717) is 31.7 Å². The van der Waals surface area contributed by atoms with E-state index in [1.807, 2.05) is 0 Å². The molecule has 1 saturated heterocycles. The summed E-state index contributed by atoms with van der Waals surface area (Å²) in [6.45, 7) is 7.65. The van der Waals surface area contributed by atoms with Crippen LogP contribution in [0.5, 0.6) is 0 Å². The molecule has 0 spiro atoms. The minimum atomic E-state index is -0.240. The summed E-state index contributed by atoms with van der Waals surface area (Å²) in [5.74, 6) is 0.479. The van der Waals surface area contributed by atoms with E-state index in [-0.39, 0.29) is 17.8 Å². The Morgan fingerprint density at radius 2 is 2.04 bits per heavy atom. The summed E-state index contributed by atoms with van der Waals surface area (Å²) < 4.78 is 18.9. The highest BCUT2D eigenvalue weighted by Gasteiger charge is 2.34. The molecule has 1 amide bonds. The van der Waals surface area contributed by atoms with Crippen LogP contribution in [0, 0.1) is 11.7 Å². The molecular weight excluding hydrogens is 307 g/mol. The number of hydrogen-bond acceptors (Lipinski definition) is 3. The van der Waals surface area contributed by atoms with Crippen molar-refractivity contribution in [1.29, 1.82) is 0 Å². The number of morpholine rings is 1. The van der Waals surface area contributed by atoms with Crippen LogP contribution in [0.25, 0.3) is 0 Å². The Morgan fingerprint density at radius 3 is 2.67 bits per heavy atom. The Morgan fingerprint density at radius 1 is 1.33 bits per heavy atom. The number of ether oxygens (including phenoxy) is 1. The van der Waals surface area contributed by atoms with Gasteiger partial charge in [0.25, 0.3) is 0 Å². The molecule has 0 aromatic heterocycles. The molecule has 132 valence electrons. The lowest BCUT2D eigenvalue weighted by Gasteiger charge is -2.34. The summed E-state index contributed by atoms with van der Waals surface area (Å²) in [7, 11) is 0. The van der Waals surface area contributed by atoms with E-state index < -0.39 is 0 Å². The second kappa shape index (κ2) is 7.62. The molecule has 24 heavy (non-hydrogen) atoms. The first kappa shape index (κ1) is 17.4. The molecule has 1 aliphatic carbocycles. The zero-order chi connectivity index (χ0) is 17.1. The van der Waals surface area contributed by atoms with Gasteiger partial charge in [-0.25, -0.2) is 4.39 Å². The number of carbonyl (C=O) groups is 1. The zero-order valence-electron chi connectivity index (χ0n) is 14.6. The van der Waals surface area contributed by atoms with Gasteiger partial charge in [0.15, 0.2) is 0 Å². The van der Waals surface area contributed by atoms with Crippen LogP contribution in [0.2, 0.25) is 0 Å². The highest BCUT2D eigenvalue weighted by Crippen LogP contribution is 2.28. The molecule has 5 heteroatoms. The smallest absolute Gasteiger partial charge is 0.237 e. The van der Waals surface area contributed by atoms with E-state index in [0.717, 1.165) is 31.5 Å². The van der Waals surface area contributed by atoms with Crippen LogP contribution in [-0.2, 0) is 9.53 Å². The molecule has 4 nitrogen and oxygen atoms in total. The average Bonchev–Trinajstić information content (AvgIpc) is 3.38. The largest absolute Gasteiger partial charge is 0.371 e. The molecule has 1 unspecified atom stereocenters. The van der Waals surface area contributed by atoms with Gasteiger partial charge in [-0.1, -0.05) is 26.0 Å². The Labute approximate surface area is 143 Å². The summed E-state index contributed by atoms with van der Waals surface area (Å²) >= 11 is 0. The highest BCUT2D eigenvalue weighted by atomic mass is 19.1. The summed E-state index contributed by atoms with van der Waals surface area (Å²) in [5.41, 5.74) is 0.967. The first-order valence-corrected chi connectivity index (χ1v) is 8.92. The maximum atomic E-state index is 13.1. The molecular formula is C19H27FN2O2. The van der Waals surface area contributed by atoms with Gasteiger partial charge >= 0.3 is 0 Å². The van der Waals surface area contributed by atoms with Crippen molar-refractivity contribution in [3.05, 3.63) is 35.6 Å². The maximum absolute atomic E-state index is 13.1. The van der Waals surface area contributed by atoms with E-state index in [4.69, 9.17) is 4.74 Å². The minimum Gasteiger partial charge on any atom is -0.371 e. The summed E-state index contributed by atoms with van der Waals surface area (Å²) in [6, 6.07) is 6.90. The topological polar surface area (TPSA) is 32.8 Å². The number of carbonyl (C=O) groups excluding carboxylic acids is 1. The SMILES string of the molecule is CC(C)CN(C(=O)CN1CCOC(c2ccc(F)cc2)C1)C1CC1.